The van der Waals surface area contributed by atoms with Crippen molar-refractivity contribution >= 4 is 23.4 Å². The molecule has 1 aromatic carbocycles. The maximum atomic E-state index is 12.9. The van der Waals surface area contributed by atoms with Gasteiger partial charge in [0.25, 0.3) is 5.91 Å². The number of amides is 2. The monoisotopic (exact) mass is 366 g/mol. The first-order chi connectivity index (χ1) is 11.8. The second kappa shape index (κ2) is 8.56. The van der Waals surface area contributed by atoms with Crippen molar-refractivity contribution in [3.63, 3.8) is 0 Å². The lowest BCUT2D eigenvalue weighted by Crippen LogP contribution is -2.37. The van der Waals surface area contributed by atoms with E-state index in [0.29, 0.717) is 54.9 Å². The Kier molecular flexibility index (Phi) is 6.71. The van der Waals surface area contributed by atoms with Crippen molar-refractivity contribution in [2.24, 2.45) is 5.92 Å². The van der Waals surface area contributed by atoms with Gasteiger partial charge in [0, 0.05) is 37.6 Å². The summed E-state index contributed by atoms with van der Waals surface area (Å²) in [6, 6.07) is 3.45. The van der Waals surface area contributed by atoms with Gasteiger partial charge in [0.1, 0.15) is 5.75 Å². The Morgan fingerprint density at radius 2 is 1.80 bits per heavy atom. The van der Waals surface area contributed by atoms with Gasteiger partial charge in [0.05, 0.1) is 12.7 Å². The van der Waals surface area contributed by atoms with Gasteiger partial charge in [-0.2, -0.15) is 0 Å². The number of halogens is 1. The summed E-state index contributed by atoms with van der Waals surface area (Å²) in [4.78, 5) is 28.9. The van der Waals surface area contributed by atoms with Crippen molar-refractivity contribution in [2.45, 2.75) is 33.6 Å². The molecule has 0 aromatic heterocycles. The number of aryl methyl sites for hydroxylation is 1. The minimum Gasteiger partial charge on any atom is -0.496 e. The van der Waals surface area contributed by atoms with Crippen molar-refractivity contribution in [2.75, 3.05) is 33.3 Å². The Bertz CT molecular complexity index is 646. The molecule has 1 aliphatic heterocycles. The highest BCUT2D eigenvalue weighted by molar-refractivity contribution is 6.31. The Balaban J connectivity index is 2.11. The predicted octanol–water partition coefficient (Wildman–Crippen LogP) is 3.38. The van der Waals surface area contributed by atoms with E-state index in [2.05, 4.69) is 0 Å². The van der Waals surface area contributed by atoms with E-state index in [1.54, 1.807) is 24.1 Å². The molecule has 6 heteroatoms. The molecule has 1 saturated heterocycles. The smallest absolute Gasteiger partial charge is 0.257 e. The first kappa shape index (κ1) is 19.6. The molecule has 1 heterocycles. The van der Waals surface area contributed by atoms with Crippen LogP contribution in [-0.4, -0.2) is 54.9 Å². The fourth-order valence-corrected chi connectivity index (χ4v) is 3.17. The van der Waals surface area contributed by atoms with E-state index < -0.39 is 0 Å². The van der Waals surface area contributed by atoms with Crippen molar-refractivity contribution < 1.29 is 14.3 Å². The highest BCUT2D eigenvalue weighted by atomic mass is 35.5. The lowest BCUT2D eigenvalue weighted by molar-refractivity contribution is -0.131. The molecule has 0 aliphatic carbocycles. The van der Waals surface area contributed by atoms with E-state index in [-0.39, 0.29) is 11.8 Å². The fraction of sp³-hybridized carbons (Fsp3) is 0.579. The molecule has 0 atom stereocenters. The molecule has 0 N–H and O–H groups in total. The number of benzene rings is 1. The summed E-state index contributed by atoms with van der Waals surface area (Å²) in [6.07, 6.45) is 1.33. The largest absolute Gasteiger partial charge is 0.496 e. The minimum absolute atomic E-state index is 0.100. The lowest BCUT2D eigenvalue weighted by atomic mass is 10.1. The lowest BCUT2D eigenvalue weighted by Gasteiger charge is -2.23. The van der Waals surface area contributed by atoms with E-state index in [1.165, 1.54) is 0 Å². The predicted molar refractivity (Wildman–Crippen MR) is 99.3 cm³/mol. The number of ether oxygens (including phenoxy) is 1. The summed E-state index contributed by atoms with van der Waals surface area (Å²) in [6.45, 7) is 8.37. The average Bonchev–Trinajstić information content (AvgIpc) is 2.81. The number of carbonyl (C=O) groups excluding carboxylic acids is 2. The van der Waals surface area contributed by atoms with E-state index in [0.717, 1.165) is 12.0 Å². The van der Waals surface area contributed by atoms with Crippen LogP contribution in [0.3, 0.4) is 0 Å². The van der Waals surface area contributed by atoms with Gasteiger partial charge in [-0.25, -0.2) is 0 Å². The normalized spacial score (nSPS) is 15.3. The molecule has 2 amide bonds. The van der Waals surface area contributed by atoms with Gasteiger partial charge >= 0.3 is 0 Å². The zero-order valence-corrected chi connectivity index (χ0v) is 16.2. The Hall–Kier alpha value is -1.75. The van der Waals surface area contributed by atoms with E-state index in [1.807, 2.05) is 25.7 Å². The Labute approximate surface area is 154 Å². The van der Waals surface area contributed by atoms with Crippen LogP contribution >= 0.6 is 11.6 Å². The highest BCUT2D eigenvalue weighted by Gasteiger charge is 2.25. The molecule has 0 radical (unpaired) electrons. The molecular formula is C19H27ClN2O3. The van der Waals surface area contributed by atoms with Crippen LogP contribution < -0.4 is 4.74 Å². The summed E-state index contributed by atoms with van der Waals surface area (Å²) in [5.41, 5.74) is 1.34. The van der Waals surface area contributed by atoms with Crippen LogP contribution in [0.1, 0.15) is 42.6 Å². The van der Waals surface area contributed by atoms with Gasteiger partial charge in [-0.15, -0.1) is 0 Å². The van der Waals surface area contributed by atoms with Crippen LogP contribution in [-0.2, 0) is 4.79 Å². The molecule has 138 valence electrons. The van der Waals surface area contributed by atoms with Crippen molar-refractivity contribution in [3.05, 3.63) is 28.3 Å². The average molecular weight is 367 g/mol. The van der Waals surface area contributed by atoms with E-state index >= 15 is 0 Å². The molecule has 0 bridgehead atoms. The van der Waals surface area contributed by atoms with Crippen LogP contribution in [0.15, 0.2) is 12.1 Å². The van der Waals surface area contributed by atoms with Gasteiger partial charge in [-0.3, -0.25) is 9.59 Å². The molecule has 2 rings (SSSR count). The van der Waals surface area contributed by atoms with E-state index in [4.69, 9.17) is 16.3 Å². The summed E-state index contributed by atoms with van der Waals surface area (Å²) in [5, 5.41) is 0.549. The first-order valence-corrected chi connectivity index (χ1v) is 9.12. The first-order valence-electron chi connectivity index (χ1n) is 8.74. The van der Waals surface area contributed by atoms with Gasteiger partial charge in [0.2, 0.25) is 5.91 Å². The summed E-state index contributed by atoms with van der Waals surface area (Å²) < 4.78 is 5.36. The zero-order chi connectivity index (χ0) is 18.6. The quantitative estimate of drug-likeness (QED) is 0.820. The van der Waals surface area contributed by atoms with E-state index in [9.17, 15) is 9.59 Å². The molecular weight excluding hydrogens is 340 g/mol. The zero-order valence-electron chi connectivity index (χ0n) is 15.5. The fourth-order valence-electron chi connectivity index (χ4n) is 3.01. The number of hydrogen-bond acceptors (Lipinski definition) is 3. The minimum atomic E-state index is -0.100. The second-order valence-electron chi connectivity index (χ2n) is 6.93. The molecule has 5 nitrogen and oxygen atoms in total. The van der Waals surface area contributed by atoms with Gasteiger partial charge < -0.3 is 14.5 Å². The molecule has 0 unspecified atom stereocenters. The number of carbonyl (C=O) groups is 2. The molecule has 25 heavy (non-hydrogen) atoms. The second-order valence-corrected chi connectivity index (χ2v) is 7.33. The molecule has 1 aliphatic rings. The standard InChI is InChI=1S/C19H27ClN2O3/c1-13(2)10-18(23)21-6-5-7-22(9-8-21)19(24)15-12-16(20)14(3)11-17(15)25-4/h11-13H,5-10H2,1-4H3. The third-order valence-electron chi connectivity index (χ3n) is 4.43. The number of methoxy groups -OCH3 is 1. The van der Waals surface area contributed by atoms with Crippen LogP contribution in [0.5, 0.6) is 5.75 Å². The van der Waals surface area contributed by atoms with Crippen molar-refractivity contribution in [3.8, 4) is 5.75 Å². The summed E-state index contributed by atoms with van der Waals surface area (Å²) in [7, 11) is 1.55. The SMILES string of the molecule is COc1cc(C)c(Cl)cc1C(=O)N1CCCN(C(=O)CC(C)C)CC1. The third-order valence-corrected chi connectivity index (χ3v) is 4.84. The van der Waals surface area contributed by atoms with Crippen LogP contribution in [0.4, 0.5) is 0 Å². The van der Waals surface area contributed by atoms with Crippen molar-refractivity contribution in [1.82, 2.24) is 9.80 Å². The summed E-state index contributed by atoms with van der Waals surface area (Å²) in [5.74, 6) is 0.938. The Morgan fingerprint density at radius 3 is 2.44 bits per heavy atom. The van der Waals surface area contributed by atoms with Gasteiger partial charge in [-0.1, -0.05) is 25.4 Å². The van der Waals surface area contributed by atoms with Crippen LogP contribution in [0.25, 0.3) is 0 Å². The van der Waals surface area contributed by atoms with Gasteiger partial charge in [0.15, 0.2) is 0 Å². The highest BCUT2D eigenvalue weighted by Crippen LogP contribution is 2.28. The number of nitrogens with zero attached hydrogens (tertiary/aromatic N) is 2. The van der Waals surface area contributed by atoms with Crippen molar-refractivity contribution in [1.29, 1.82) is 0 Å². The topological polar surface area (TPSA) is 49.9 Å². The van der Waals surface area contributed by atoms with Crippen LogP contribution in [0.2, 0.25) is 5.02 Å². The molecule has 1 aromatic rings. The molecule has 1 fully saturated rings. The Morgan fingerprint density at radius 1 is 1.16 bits per heavy atom. The maximum absolute atomic E-state index is 12.9. The van der Waals surface area contributed by atoms with Crippen LogP contribution in [0, 0.1) is 12.8 Å². The third kappa shape index (κ3) is 4.88. The molecule has 0 saturated carbocycles. The van der Waals surface area contributed by atoms with Gasteiger partial charge in [-0.05, 0) is 37.0 Å². The molecule has 0 spiro atoms. The summed E-state index contributed by atoms with van der Waals surface area (Å²) >= 11 is 6.19. The number of rotatable bonds is 4. The number of hydrogen-bond donors (Lipinski definition) is 0. The maximum Gasteiger partial charge on any atom is 0.257 e.